The molecule has 0 saturated heterocycles. The molecule has 0 aliphatic heterocycles. The Bertz CT molecular complexity index is 557. The summed E-state index contributed by atoms with van der Waals surface area (Å²) < 4.78 is 5.48. The van der Waals surface area contributed by atoms with Crippen LogP contribution in [0.4, 0.5) is 0 Å². The van der Waals surface area contributed by atoms with Crippen molar-refractivity contribution >= 4 is 17.8 Å². The number of carbonyl (C=O) groups excluding carboxylic acids is 3. The third kappa shape index (κ3) is 22.6. The van der Waals surface area contributed by atoms with E-state index in [1.807, 2.05) is 0 Å². The molecule has 0 rings (SSSR count). The number of unbranched alkanes of at least 4 members (excludes halogenated alkanes) is 13. The van der Waals surface area contributed by atoms with E-state index in [4.69, 9.17) is 4.74 Å². The van der Waals surface area contributed by atoms with Gasteiger partial charge in [0.15, 0.2) is 0 Å². The van der Waals surface area contributed by atoms with E-state index in [-0.39, 0.29) is 24.7 Å². The van der Waals surface area contributed by atoms with Crippen molar-refractivity contribution in [2.75, 3.05) is 6.54 Å². The van der Waals surface area contributed by atoms with Crippen molar-refractivity contribution in [1.82, 2.24) is 10.6 Å². The van der Waals surface area contributed by atoms with Crippen LogP contribution >= 0.6 is 0 Å². The summed E-state index contributed by atoms with van der Waals surface area (Å²) >= 11 is 0. The van der Waals surface area contributed by atoms with Gasteiger partial charge in [-0.15, -0.1) is 0 Å². The molecule has 2 amide bonds. The first-order valence-electron chi connectivity index (χ1n) is 14.5. The zero-order valence-electron chi connectivity index (χ0n) is 23.6. The Hall–Kier alpha value is -1.59. The highest BCUT2D eigenvalue weighted by Crippen LogP contribution is 2.13. The second kappa shape index (κ2) is 21.7. The molecule has 6 nitrogen and oxygen atoms in total. The van der Waals surface area contributed by atoms with E-state index in [0.717, 1.165) is 38.5 Å². The van der Waals surface area contributed by atoms with Gasteiger partial charge in [0, 0.05) is 19.4 Å². The van der Waals surface area contributed by atoms with E-state index in [9.17, 15) is 14.4 Å². The Balaban J connectivity index is 4.24. The van der Waals surface area contributed by atoms with Crippen LogP contribution in [0.25, 0.3) is 0 Å². The van der Waals surface area contributed by atoms with Gasteiger partial charge in [-0.2, -0.15) is 0 Å². The van der Waals surface area contributed by atoms with Gasteiger partial charge in [0.2, 0.25) is 11.8 Å². The summed E-state index contributed by atoms with van der Waals surface area (Å²) in [5, 5.41) is 5.73. The van der Waals surface area contributed by atoms with Gasteiger partial charge in [-0.05, 0) is 40.0 Å². The second-order valence-corrected chi connectivity index (χ2v) is 10.9. The number of amides is 2. The highest BCUT2D eigenvalue weighted by molar-refractivity contribution is 5.85. The van der Waals surface area contributed by atoms with E-state index in [1.54, 1.807) is 20.8 Å². The Kier molecular flexibility index (Phi) is 20.7. The Morgan fingerprint density at radius 3 is 1.66 bits per heavy atom. The molecule has 0 heterocycles. The number of hydrogen-bond donors (Lipinski definition) is 2. The van der Waals surface area contributed by atoms with Crippen molar-refractivity contribution in [2.45, 2.75) is 162 Å². The smallest absolute Gasteiger partial charge is 0.329 e. The van der Waals surface area contributed by atoms with Crippen LogP contribution in [0.5, 0.6) is 0 Å². The number of nitrogens with one attached hydrogen (secondary N) is 2. The molecule has 0 radical (unpaired) electrons. The molecule has 206 valence electrons. The lowest BCUT2D eigenvalue weighted by atomic mass is 10.0. The molecule has 6 heteroatoms. The molecule has 0 unspecified atom stereocenters. The Morgan fingerprint density at radius 2 is 1.14 bits per heavy atom. The van der Waals surface area contributed by atoms with E-state index in [2.05, 4.69) is 24.5 Å². The van der Waals surface area contributed by atoms with Gasteiger partial charge in [0.25, 0.3) is 0 Å². The van der Waals surface area contributed by atoms with Crippen molar-refractivity contribution < 1.29 is 19.1 Å². The third-order valence-electron chi connectivity index (χ3n) is 6.05. The zero-order valence-corrected chi connectivity index (χ0v) is 23.6. The summed E-state index contributed by atoms with van der Waals surface area (Å²) in [5.41, 5.74) is -0.641. The molecule has 35 heavy (non-hydrogen) atoms. The first-order valence-corrected chi connectivity index (χ1v) is 14.5. The number of ether oxygens (including phenoxy) is 1. The molecular weight excluding hydrogens is 440 g/mol. The second-order valence-electron chi connectivity index (χ2n) is 10.9. The van der Waals surface area contributed by atoms with Crippen LogP contribution in [0.1, 0.15) is 150 Å². The van der Waals surface area contributed by atoms with Crippen molar-refractivity contribution in [2.24, 2.45) is 0 Å². The molecule has 0 spiro atoms. The van der Waals surface area contributed by atoms with Gasteiger partial charge >= 0.3 is 5.97 Å². The maximum Gasteiger partial charge on any atom is 0.329 e. The predicted molar refractivity (Wildman–Crippen MR) is 145 cm³/mol. The molecular formula is C29H56N2O4. The summed E-state index contributed by atoms with van der Waals surface area (Å²) in [4.78, 5) is 37.3. The minimum atomic E-state index is -0.791. The molecule has 0 saturated carbocycles. The SMILES string of the molecule is CCCCCCCCCCCCCC(=O)N[C@@H](CCC(=O)NCCCCCC)C(=O)OC(C)(C)C. The predicted octanol–water partition coefficient (Wildman–Crippen LogP) is 6.99. The van der Waals surface area contributed by atoms with Gasteiger partial charge in [0.05, 0.1) is 0 Å². The number of esters is 1. The topological polar surface area (TPSA) is 84.5 Å². The van der Waals surface area contributed by atoms with E-state index >= 15 is 0 Å². The summed E-state index contributed by atoms with van der Waals surface area (Å²) in [5.74, 6) is -0.702. The van der Waals surface area contributed by atoms with Gasteiger partial charge in [0.1, 0.15) is 11.6 Å². The van der Waals surface area contributed by atoms with Gasteiger partial charge in [-0.3, -0.25) is 9.59 Å². The molecule has 0 aliphatic carbocycles. The Labute approximate surface area is 216 Å². The van der Waals surface area contributed by atoms with E-state index in [0.29, 0.717) is 13.0 Å². The summed E-state index contributed by atoms with van der Waals surface area (Å²) in [7, 11) is 0. The fourth-order valence-corrected chi connectivity index (χ4v) is 3.98. The van der Waals surface area contributed by atoms with Crippen LogP contribution in [0.15, 0.2) is 0 Å². The maximum absolute atomic E-state index is 12.6. The summed E-state index contributed by atoms with van der Waals surface area (Å²) in [6.45, 7) is 10.5. The molecule has 0 aliphatic rings. The zero-order chi connectivity index (χ0) is 26.4. The normalized spacial score (nSPS) is 12.3. The monoisotopic (exact) mass is 496 g/mol. The van der Waals surface area contributed by atoms with E-state index < -0.39 is 17.6 Å². The van der Waals surface area contributed by atoms with E-state index in [1.165, 1.54) is 57.8 Å². The van der Waals surface area contributed by atoms with Crippen LogP contribution in [0.3, 0.4) is 0 Å². The van der Waals surface area contributed by atoms with Crippen LogP contribution in [-0.2, 0) is 19.1 Å². The fraction of sp³-hybridized carbons (Fsp3) is 0.897. The average Bonchev–Trinajstić information content (AvgIpc) is 2.78. The van der Waals surface area contributed by atoms with Crippen LogP contribution in [0, 0.1) is 0 Å². The third-order valence-corrected chi connectivity index (χ3v) is 6.05. The van der Waals surface area contributed by atoms with Crippen molar-refractivity contribution in [3.63, 3.8) is 0 Å². The minimum absolute atomic E-state index is 0.0883. The van der Waals surface area contributed by atoms with Gasteiger partial charge in [-0.1, -0.05) is 97.3 Å². The van der Waals surface area contributed by atoms with Gasteiger partial charge in [-0.25, -0.2) is 4.79 Å². The van der Waals surface area contributed by atoms with Crippen molar-refractivity contribution in [3.05, 3.63) is 0 Å². The number of rotatable bonds is 22. The molecule has 1 atom stereocenters. The fourth-order valence-electron chi connectivity index (χ4n) is 3.98. The molecule has 0 fully saturated rings. The molecule has 0 aromatic carbocycles. The average molecular weight is 497 g/mol. The minimum Gasteiger partial charge on any atom is -0.458 e. The quantitative estimate of drug-likeness (QED) is 0.125. The highest BCUT2D eigenvalue weighted by atomic mass is 16.6. The molecule has 2 N–H and O–H groups in total. The lowest BCUT2D eigenvalue weighted by molar-refractivity contribution is -0.158. The first-order chi connectivity index (χ1) is 16.7. The molecule has 0 aromatic heterocycles. The Morgan fingerprint density at radius 1 is 0.657 bits per heavy atom. The van der Waals surface area contributed by atoms with Crippen LogP contribution in [-0.4, -0.2) is 36.0 Å². The van der Waals surface area contributed by atoms with Crippen molar-refractivity contribution in [3.8, 4) is 0 Å². The molecule has 0 aromatic rings. The summed E-state index contributed by atoms with van der Waals surface area (Å²) in [6.07, 6.45) is 18.7. The summed E-state index contributed by atoms with van der Waals surface area (Å²) in [6, 6.07) is -0.791. The lowest BCUT2D eigenvalue weighted by Gasteiger charge is -2.24. The lowest BCUT2D eigenvalue weighted by Crippen LogP contribution is -2.44. The van der Waals surface area contributed by atoms with Crippen molar-refractivity contribution in [1.29, 1.82) is 0 Å². The van der Waals surface area contributed by atoms with Gasteiger partial charge < -0.3 is 15.4 Å². The number of hydrogen-bond acceptors (Lipinski definition) is 4. The molecule has 0 bridgehead atoms. The van der Waals surface area contributed by atoms with Crippen LogP contribution < -0.4 is 10.6 Å². The largest absolute Gasteiger partial charge is 0.458 e. The maximum atomic E-state index is 12.6. The number of carbonyl (C=O) groups is 3. The van der Waals surface area contributed by atoms with Crippen LogP contribution in [0.2, 0.25) is 0 Å². The standard InChI is InChI=1S/C29H56N2O4/c1-6-8-10-12-13-14-15-16-17-18-19-21-27(33)31-25(28(34)35-29(3,4)5)22-23-26(32)30-24-20-11-9-7-2/h25H,6-24H2,1-5H3,(H,30,32)(H,31,33)/t25-/m0/s1. The highest BCUT2D eigenvalue weighted by Gasteiger charge is 2.27. The first kappa shape index (κ1) is 33.4.